The number of carbonyl (C=O) groups is 2. The fourth-order valence-electron chi connectivity index (χ4n) is 3.64. The van der Waals surface area contributed by atoms with E-state index < -0.39 is 5.97 Å². The maximum atomic E-state index is 12.9. The summed E-state index contributed by atoms with van der Waals surface area (Å²) >= 11 is 0. The van der Waals surface area contributed by atoms with Crippen LogP contribution in [-0.4, -0.2) is 23.5 Å². The maximum absolute atomic E-state index is 12.9. The van der Waals surface area contributed by atoms with Gasteiger partial charge >= 0.3 is 5.97 Å². The van der Waals surface area contributed by atoms with Gasteiger partial charge in [-0.1, -0.05) is 72.3 Å². The van der Waals surface area contributed by atoms with E-state index >= 15 is 0 Å². The molecule has 0 aliphatic rings. The van der Waals surface area contributed by atoms with Gasteiger partial charge in [-0.2, -0.15) is 0 Å². The Hall–Kier alpha value is -3.99. The topological polar surface area (TPSA) is 68.3 Å². The molecule has 0 radical (unpaired) electrons. The number of aromatic nitrogens is 1. The third kappa shape index (κ3) is 4.83. The van der Waals surface area contributed by atoms with Crippen LogP contribution in [-0.2, 0) is 16.1 Å². The molecular formula is C27H24N2O3. The first kappa shape index (κ1) is 21.2. The number of hydrogen-bond donors (Lipinski definition) is 1. The number of hydrogen-bond acceptors (Lipinski definition) is 4. The van der Waals surface area contributed by atoms with Crippen LogP contribution in [0.25, 0.3) is 22.2 Å². The Kier molecular flexibility index (Phi) is 6.26. The van der Waals surface area contributed by atoms with Crippen LogP contribution in [0.2, 0.25) is 0 Å². The number of amides is 1. The summed E-state index contributed by atoms with van der Waals surface area (Å²) in [5.41, 5.74) is 5.95. The lowest BCUT2D eigenvalue weighted by Gasteiger charge is -2.12. The van der Waals surface area contributed by atoms with Crippen molar-refractivity contribution in [2.45, 2.75) is 20.4 Å². The van der Waals surface area contributed by atoms with Gasteiger partial charge in [0.15, 0.2) is 6.61 Å². The maximum Gasteiger partial charge on any atom is 0.339 e. The second kappa shape index (κ2) is 9.43. The normalized spacial score (nSPS) is 10.7. The van der Waals surface area contributed by atoms with Gasteiger partial charge in [0.1, 0.15) is 0 Å². The number of nitrogens with one attached hydrogen (secondary N) is 1. The second-order valence-corrected chi connectivity index (χ2v) is 7.73. The summed E-state index contributed by atoms with van der Waals surface area (Å²) in [4.78, 5) is 29.9. The monoisotopic (exact) mass is 424 g/mol. The van der Waals surface area contributed by atoms with Gasteiger partial charge in [-0.15, -0.1) is 0 Å². The number of benzene rings is 3. The van der Waals surface area contributed by atoms with E-state index in [0.717, 1.165) is 22.3 Å². The molecule has 0 bridgehead atoms. The Morgan fingerprint density at radius 2 is 1.66 bits per heavy atom. The SMILES string of the molecule is Cc1ccc(-c2cc(C(=O)OCC(=O)NCc3ccccc3)c3ccccc3n2)c(C)c1. The van der Waals surface area contributed by atoms with Crippen molar-refractivity contribution >= 4 is 22.8 Å². The van der Waals surface area contributed by atoms with E-state index in [1.165, 1.54) is 0 Å². The number of fused-ring (bicyclic) bond motifs is 1. The highest BCUT2D eigenvalue weighted by Crippen LogP contribution is 2.28. The Morgan fingerprint density at radius 1 is 0.906 bits per heavy atom. The fourth-order valence-corrected chi connectivity index (χ4v) is 3.64. The minimum Gasteiger partial charge on any atom is -0.452 e. The van der Waals surface area contributed by atoms with Crippen molar-refractivity contribution in [2.24, 2.45) is 0 Å². The first-order valence-electron chi connectivity index (χ1n) is 10.5. The zero-order valence-electron chi connectivity index (χ0n) is 18.1. The highest BCUT2D eigenvalue weighted by molar-refractivity contribution is 6.05. The van der Waals surface area contributed by atoms with Crippen molar-refractivity contribution in [1.29, 1.82) is 0 Å². The Labute approximate surface area is 187 Å². The van der Waals surface area contributed by atoms with Crippen molar-refractivity contribution in [1.82, 2.24) is 10.3 Å². The lowest BCUT2D eigenvalue weighted by atomic mass is 9.99. The van der Waals surface area contributed by atoms with Gasteiger partial charge < -0.3 is 10.1 Å². The van der Waals surface area contributed by atoms with E-state index in [9.17, 15) is 9.59 Å². The summed E-state index contributed by atoms with van der Waals surface area (Å²) in [5.74, 6) is -0.903. The van der Waals surface area contributed by atoms with Gasteiger partial charge in [-0.05, 0) is 37.1 Å². The summed E-state index contributed by atoms with van der Waals surface area (Å²) in [5, 5.41) is 3.45. The summed E-state index contributed by atoms with van der Waals surface area (Å²) < 4.78 is 5.35. The molecule has 0 aliphatic heterocycles. The minimum atomic E-state index is -0.551. The molecule has 1 N–H and O–H groups in total. The molecule has 4 aromatic rings. The van der Waals surface area contributed by atoms with Crippen LogP contribution in [0, 0.1) is 13.8 Å². The fraction of sp³-hybridized carbons (Fsp3) is 0.148. The van der Waals surface area contributed by atoms with E-state index in [2.05, 4.69) is 11.4 Å². The van der Waals surface area contributed by atoms with E-state index in [0.29, 0.717) is 28.7 Å². The lowest BCUT2D eigenvalue weighted by molar-refractivity contribution is -0.124. The van der Waals surface area contributed by atoms with Crippen molar-refractivity contribution in [2.75, 3.05) is 6.61 Å². The van der Waals surface area contributed by atoms with Gasteiger partial charge in [0.2, 0.25) is 0 Å². The van der Waals surface area contributed by atoms with Crippen LogP contribution in [0.15, 0.2) is 78.9 Å². The number of para-hydroxylation sites is 1. The predicted octanol–water partition coefficient (Wildman–Crippen LogP) is 4.99. The number of ether oxygens (including phenoxy) is 1. The first-order valence-corrected chi connectivity index (χ1v) is 10.5. The van der Waals surface area contributed by atoms with E-state index in [1.54, 1.807) is 6.07 Å². The molecule has 1 amide bonds. The average molecular weight is 425 g/mol. The molecule has 0 spiro atoms. The Balaban J connectivity index is 1.54. The van der Waals surface area contributed by atoms with E-state index in [4.69, 9.17) is 9.72 Å². The summed E-state index contributed by atoms with van der Waals surface area (Å²) in [7, 11) is 0. The van der Waals surface area contributed by atoms with E-state index in [1.807, 2.05) is 80.6 Å². The average Bonchev–Trinajstić information content (AvgIpc) is 2.81. The molecule has 5 nitrogen and oxygen atoms in total. The molecule has 5 heteroatoms. The molecule has 160 valence electrons. The zero-order valence-corrected chi connectivity index (χ0v) is 18.1. The van der Waals surface area contributed by atoms with Crippen LogP contribution < -0.4 is 5.32 Å². The quantitative estimate of drug-likeness (QED) is 0.443. The number of carbonyl (C=O) groups excluding carboxylic acids is 2. The third-order valence-electron chi connectivity index (χ3n) is 5.26. The van der Waals surface area contributed by atoms with Crippen molar-refractivity contribution < 1.29 is 14.3 Å². The van der Waals surface area contributed by atoms with Gasteiger partial charge in [0, 0.05) is 17.5 Å². The van der Waals surface area contributed by atoms with Crippen LogP contribution in [0.1, 0.15) is 27.0 Å². The molecule has 1 heterocycles. The summed E-state index contributed by atoms with van der Waals surface area (Å²) in [6, 6.07) is 24.9. The molecule has 4 rings (SSSR count). The van der Waals surface area contributed by atoms with Crippen LogP contribution in [0.3, 0.4) is 0 Å². The molecule has 1 aromatic heterocycles. The molecule has 0 unspecified atom stereocenters. The molecule has 0 saturated carbocycles. The molecule has 0 aliphatic carbocycles. The van der Waals surface area contributed by atoms with Gasteiger partial charge in [-0.3, -0.25) is 4.79 Å². The summed E-state index contributed by atoms with van der Waals surface area (Å²) in [6.07, 6.45) is 0. The highest BCUT2D eigenvalue weighted by atomic mass is 16.5. The number of esters is 1. The number of aryl methyl sites for hydroxylation is 2. The second-order valence-electron chi connectivity index (χ2n) is 7.73. The Morgan fingerprint density at radius 3 is 2.44 bits per heavy atom. The number of rotatable bonds is 6. The largest absolute Gasteiger partial charge is 0.452 e. The van der Waals surface area contributed by atoms with Crippen molar-refractivity contribution in [3.63, 3.8) is 0 Å². The Bertz CT molecular complexity index is 1280. The van der Waals surface area contributed by atoms with Crippen LogP contribution in [0.4, 0.5) is 0 Å². The van der Waals surface area contributed by atoms with Crippen LogP contribution >= 0.6 is 0 Å². The van der Waals surface area contributed by atoms with Gasteiger partial charge in [-0.25, -0.2) is 9.78 Å². The number of pyridine rings is 1. The van der Waals surface area contributed by atoms with Gasteiger partial charge in [0.25, 0.3) is 5.91 Å². The number of nitrogens with zero attached hydrogens (tertiary/aromatic N) is 1. The van der Waals surface area contributed by atoms with Crippen molar-refractivity contribution in [3.8, 4) is 11.3 Å². The predicted molar refractivity (Wildman–Crippen MR) is 125 cm³/mol. The first-order chi connectivity index (χ1) is 15.5. The van der Waals surface area contributed by atoms with Gasteiger partial charge in [0.05, 0.1) is 16.8 Å². The van der Waals surface area contributed by atoms with E-state index in [-0.39, 0.29) is 12.5 Å². The molecule has 3 aromatic carbocycles. The molecule has 0 saturated heterocycles. The molecule has 0 atom stereocenters. The highest BCUT2D eigenvalue weighted by Gasteiger charge is 2.17. The smallest absolute Gasteiger partial charge is 0.339 e. The summed E-state index contributed by atoms with van der Waals surface area (Å²) in [6.45, 7) is 4.10. The third-order valence-corrected chi connectivity index (χ3v) is 5.26. The standard InChI is InChI=1S/C27H24N2O3/c1-18-12-13-21(19(2)14-18)25-15-23(22-10-6-7-11-24(22)29-25)27(31)32-17-26(30)28-16-20-8-4-3-5-9-20/h3-15H,16-17H2,1-2H3,(H,28,30). The zero-order chi connectivity index (χ0) is 22.5. The van der Waals surface area contributed by atoms with Crippen LogP contribution in [0.5, 0.6) is 0 Å². The molecule has 0 fully saturated rings. The molecule has 32 heavy (non-hydrogen) atoms. The minimum absolute atomic E-state index is 0.346. The lowest BCUT2D eigenvalue weighted by Crippen LogP contribution is -2.28. The molecular weight excluding hydrogens is 400 g/mol. The van der Waals surface area contributed by atoms with Crippen molar-refractivity contribution in [3.05, 3.63) is 101 Å².